The standard InChI is InChI=1S/C21H21N3O2/c1-23-14-15(13-22-23)19-12-20(19)21(25)24(2)16-8-10-18(11-9-16)26-17-6-4-3-5-7-17/h3-11,13-14,19-20H,12H2,1-2H3. The third kappa shape index (κ3) is 3.33. The van der Waals surface area contributed by atoms with E-state index in [1.54, 1.807) is 9.58 Å². The van der Waals surface area contributed by atoms with Gasteiger partial charge >= 0.3 is 0 Å². The average molecular weight is 347 g/mol. The average Bonchev–Trinajstić information content (AvgIpc) is 3.35. The molecule has 1 saturated carbocycles. The summed E-state index contributed by atoms with van der Waals surface area (Å²) in [6, 6.07) is 17.2. The molecule has 1 aliphatic carbocycles. The van der Waals surface area contributed by atoms with Crippen LogP contribution in [0.2, 0.25) is 0 Å². The third-order valence-corrected chi connectivity index (χ3v) is 4.79. The number of nitrogens with zero attached hydrogens (tertiary/aromatic N) is 3. The van der Waals surface area contributed by atoms with E-state index in [0.29, 0.717) is 5.92 Å². The van der Waals surface area contributed by atoms with Gasteiger partial charge in [0.15, 0.2) is 0 Å². The van der Waals surface area contributed by atoms with Crippen LogP contribution in [0.25, 0.3) is 0 Å². The van der Waals surface area contributed by atoms with Gasteiger partial charge in [-0.15, -0.1) is 0 Å². The van der Waals surface area contributed by atoms with Crippen molar-refractivity contribution < 1.29 is 9.53 Å². The van der Waals surface area contributed by atoms with Crippen LogP contribution < -0.4 is 9.64 Å². The van der Waals surface area contributed by atoms with Crippen molar-refractivity contribution in [2.45, 2.75) is 12.3 Å². The summed E-state index contributed by atoms with van der Waals surface area (Å²) in [7, 11) is 3.72. The van der Waals surface area contributed by atoms with Gasteiger partial charge in [-0.1, -0.05) is 18.2 Å². The number of hydrogen-bond acceptors (Lipinski definition) is 3. The number of rotatable bonds is 5. The Balaban J connectivity index is 1.40. The Kier molecular flexibility index (Phi) is 4.21. The van der Waals surface area contributed by atoms with Crippen molar-refractivity contribution in [3.8, 4) is 11.5 Å². The van der Waals surface area contributed by atoms with E-state index < -0.39 is 0 Å². The molecule has 1 aliphatic rings. The number of aryl methyl sites for hydroxylation is 1. The first kappa shape index (κ1) is 16.4. The SMILES string of the molecule is CN(C(=O)C1CC1c1cnn(C)c1)c1ccc(Oc2ccccc2)cc1. The van der Waals surface area contributed by atoms with Gasteiger partial charge in [-0.2, -0.15) is 5.10 Å². The van der Waals surface area contributed by atoms with Crippen molar-refractivity contribution in [2.24, 2.45) is 13.0 Å². The maximum atomic E-state index is 12.7. The number of para-hydroxylation sites is 1. The van der Waals surface area contributed by atoms with Crippen LogP contribution in [-0.2, 0) is 11.8 Å². The Morgan fingerprint density at radius 2 is 1.81 bits per heavy atom. The fraction of sp³-hybridized carbons (Fsp3) is 0.238. The number of ether oxygens (including phenoxy) is 1. The zero-order valence-electron chi connectivity index (χ0n) is 14.9. The number of amides is 1. The molecule has 5 heteroatoms. The molecule has 2 atom stereocenters. The van der Waals surface area contributed by atoms with Crippen LogP contribution in [0.1, 0.15) is 17.9 Å². The molecule has 1 heterocycles. The predicted octanol–water partition coefficient (Wildman–Crippen LogP) is 3.98. The highest BCUT2D eigenvalue weighted by Crippen LogP contribution is 2.48. The molecule has 5 nitrogen and oxygen atoms in total. The second-order valence-electron chi connectivity index (χ2n) is 6.70. The number of benzene rings is 2. The minimum Gasteiger partial charge on any atom is -0.457 e. The Labute approximate surface area is 152 Å². The van der Waals surface area contributed by atoms with Gasteiger partial charge in [0, 0.05) is 31.9 Å². The van der Waals surface area contributed by atoms with Crippen molar-refractivity contribution in [2.75, 3.05) is 11.9 Å². The molecule has 0 N–H and O–H groups in total. The number of hydrogen-bond donors (Lipinski definition) is 0. The summed E-state index contributed by atoms with van der Waals surface area (Å²) in [5.74, 6) is 2.03. The Morgan fingerprint density at radius 1 is 1.12 bits per heavy atom. The second-order valence-corrected chi connectivity index (χ2v) is 6.70. The van der Waals surface area contributed by atoms with Crippen molar-refractivity contribution >= 4 is 11.6 Å². The number of anilines is 1. The van der Waals surface area contributed by atoms with E-state index in [4.69, 9.17) is 4.74 Å². The fourth-order valence-corrected chi connectivity index (χ4v) is 3.21. The van der Waals surface area contributed by atoms with Crippen LogP contribution in [0.4, 0.5) is 5.69 Å². The summed E-state index contributed by atoms with van der Waals surface area (Å²) in [5.41, 5.74) is 2.01. The Hall–Kier alpha value is -3.08. The van der Waals surface area contributed by atoms with E-state index >= 15 is 0 Å². The van der Waals surface area contributed by atoms with Crippen LogP contribution in [0.3, 0.4) is 0 Å². The molecular formula is C21H21N3O2. The summed E-state index contributed by atoms with van der Waals surface area (Å²) < 4.78 is 7.58. The minimum atomic E-state index is 0.0458. The van der Waals surface area contributed by atoms with Gasteiger partial charge in [-0.05, 0) is 54.3 Å². The van der Waals surface area contributed by atoms with Crippen molar-refractivity contribution in [3.05, 3.63) is 72.6 Å². The number of carbonyl (C=O) groups excluding carboxylic acids is 1. The van der Waals surface area contributed by atoms with Crippen LogP contribution in [0, 0.1) is 5.92 Å². The molecule has 2 aromatic carbocycles. The maximum Gasteiger partial charge on any atom is 0.230 e. The lowest BCUT2D eigenvalue weighted by atomic mass is 10.2. The highest BCUT2D eigenvalue weighted by atomic mass is 16.5. The van der Waals surface area contributed by atoms with Crippen LogP contribution in [0.15, 0.2) is 67.0 Å². The summed E-state index contributed by atoms with van der Waals surface area (Å²) in [4.78, 5) is 14.5. The number of carbonyl (C=O) groups is 1. The van der Waals surface area contributed by atoms with Gasteiger partial charge in [0.05, 0.1) is 6.20 Å². The first-order chi connectivity index (χ1) is 12.6. The third-order valence-electron chi connectivity index (χ3n) is 4.79. The first-order valence-corrected chi connectivity index (χ1v) is 8.71. The lowest BCUT2D eigenvalue weighted by molar-refractivity contribution is -0.119. The first-order valence-electron chi connectivity index (χ1n) is 8.71. The zero-order valence-corrected chi connectivity index (χ0v) is 14.9. The molecule has 0 spiro atoms. The van der Waals surface area contributed by atoms with E-state index in [2.05, 4.69) is 5.10 Å². The van der Waals surface area contributed by atoms with Gasteiger partial charge in [0.2, 0.25) is 5.91 Å². The molecule has 1 fully saturated rings. The van der Waals surface area contributed by atoms with Gasteiger partial charge in [-0.25, -0.2) is 0 Å². The fourth-order valence-electron chi connectivity index (χ4n) is 3.21. The molecule has 0 aliphatic heterocycles. The lowest BCUT2D eigenvalue weighted by Gasteiger charge is -2.18. The van der Waals surface area contributed by atoms with E-state index in [9.17, 15) is 4.79 Å². The largest absolute Gasteiger partial charge is 0.457 e. The molecule has 1 aromatic heterocycles. The molecule has 4 rings (SSSR count). The van der Waals surface area contributed by atoms with E-state index in [-0.39, 0.29) is 11.8 Å². The minimum absolute atomic E-state index is 0.0458. The second kappa shape index (κ2) is 6.67. The molecule has 1 amide bonds. The lowest BCUT2D eigenvalue weighted by Crippen LogP contribution is -2.28. The molecule has 2 unspecified atom stereocenters. The van der Waals surface area contributed by atoms with Gasteiger partial charge in [0.25, 0.3) is 0 Å². The summed E-state index contributed by atoms with van der Waals surface area (Å²) in [6.45, 7) is 0. The van der Waals surface area contributed by atoms with Crippen LogP contribution in [0.5, 0.6) is 11.5 Å². The normalized spacial score (nSPS) is 18.4. The highest BCUT2D eigenvalue weighted by molar-refractivity contribution is 5.97. The highest BCUT2D eigenvalue weighted by Gasteiger charge is 2.46. The Morgan fingerprint density at radius 3 is 2.46 bits per heavy atom. The van der Waals surface area contributed by atoms with E-state index in [0.717, 1.165) is 29.2 Å². The van der Waals surface area contributed by atoms with Crippen LogP contribution >= 0.6 is 0 Å². The van der Waals surface area contributed by atoms with Gasteiger partial charge in [-0.3, -0.25) is 9.48 Å². The summed E-state index contributed by atoms with van der Waals surface area (Å²) in [5, 5.41) is 4.20. The van der Waals surface area contributed by atoms with Gasteiger partial charge in [0.1, 0.15) is 11.5 Å². The molecular weight excluding hydrogens is 326 g/mol. The molecule has 0 bridgehead atoms. The summed E-state index contributed by atoms with van der Waals surface area (Å²) >= 11 is 0. The van der Waals surface area contributed by atoms with Crippen LogP contribution in [-0.4, -0.2) is 22.7 Å². The topological polar surface area (TPSA) is 47.4 Å². The molecule has 0 saturated heterocycles. The van der Waals surface area contributed by atoms with Gasteiger partial charge < -0.3 is 9.64 Å². The smallest absolute Gasteiger partial charge is 0.230 e. The van der Waals surface area contributed by atoms with Crippen molar-refractivity contribution in [1.29, 1.82) is 0 Å². The molecule has 132 valence electrons. The Bertz CT molecular complexity index is 903. The molecule has 26 heavy (non-hydrogen) atoms. The monoisotopic (exact) mass is 347 g/mol. The zero-order chi connectivity index (χ0) is 18.1. The molecule has 3 aromatic rings. The molecule has 0 radical (unpaired) electrons. The van der Waals surface area contributed by atoms with E-state index in [1.165, 1.54) is 0 Å². The predicted molar refractivity (Wildman–Crippen MR) is 100 cm³/mol. The number of aromatic nitrogens is 2. The van der Waals surface area contributed by atoms with Crippen molar-refractivity contribution in [3.63, 3.8) is 0 Å². The quantitative estimate of drug-likeness (QED) is 0.701. The maximum absolute atomic E-state index is 12.7. The van der Waals surface area contributed by atoms with E-state index in [1.807, 2.05) is 81.1 Å². The van der Waals surface area contributed by atoms with Crippen molar-refractivity contribution in [1.82, 2.24) is 9.78 Å². The summed E-state index contributed by atoms with van der Waals surface area (Å²) in [6.07, 6.45) is 4.74.